The maximum Gasteiger partial charge on any atom is 1.00 e. The van der Waals surface area contributed by atoms with E-state index in [1.165, 1.54) is 106 Å². The molecule has 12 rings (SSSR count). The third-order valence-corrected chi connectivity index (χ3v) is 24.9. The van der Waals surface area contributed by atoms with Gasteiger partial charge in [0, 0.05) is 46.3 Å². The van der Waals surface area contributed by atoms with Crippen molar-refractivity contribution in [2.45, 2.75) is 217 Å². The zero-order valence-electron chi connectivity index (χ0n) is 88.0. The Balaban J connectivity index is -0.000000511. The molecular weight excluding hydrogens is 2170 g/mol. The van der Waals surface area contributed by atoms with Crippen molar-refractivity contribution in [1.82, 2.24) is 0 Å². The molecule has 0 saturated carbocycles. The number of aliphatic carboxylic acids is 3. The molecule has 0 unspecified atom stereocenters. The van der Waals surface area contributed by atoms with Gasteiger partial charge in [-0.1, -0.05) is 422 Å². The fraction of sp³-hybridized carbons (Fsp3) is 0.308. The van der Waals surface area contributed by atoms with Crippen LogP contribution in [0.3, 0.4) is 0 Å². The van der Waals surface area contributed by atoms with Crippen LogP contribution in [0.4, 0.5) is 0 Å². The SMILES string of the molecule is C#CCCC.CC.CCCC#Cc1cccc(CC(=O)OCC)c1.CCCCCc1cccc(CC(=O)O)c1.CCCCCc1cccc(CC(=O)OCC)c1.CCCCCc1cccc(CC(=O)[O-])c1.CCO.CCOC(=O)Cc1cccc(Br)c1.O=C(O)Cc1cccc(Br)c1.O=CO[O-].[Cl][Pd][Cl].[Li+].[Na+].[Na+].[OH-].c1ccc(P(c2ccccc2)c2ccccc2)cc1.c1ccc(P(c2ccccc2)c2ccccc2)cc1. The fourth-order valence-electron chi connectivity index (χ4n) is 12.9. The average Bonchev–Trinajstić information content (AvgIpc) is 0.821. The minimum absolute atomic E-state index is 0. The molecule has 0 saturated heterocycles. The number of esters is 3. The zero-order valence-corrected chi connectivity index (χ0v) is 100. The van der Waals surface area contributed by atoms with Gasteiger partial charge in [0.25, 0.3) is 6.47 Å². The number of hydrogen-bond acceptors (Lipinski definition) is 15. The second-order valence-electron chi connectivity index (χ2n) is 30.7. The van der Waals surface area contributed by atoms with Gasteiger partial charge in [0.1, 0.15) is 0 Å². The molecule has 0 heterocycles. The van der Waals surface area contributed by atoms with Crippen molar-refractivity contribution in [1.29, 1.82) is 0 Å². The van der Waals surface area contributed by atoms with Gasteiger partial charge in [-0.25, -0.2) is 0 Å². The molecule has 0 atom stereocenters. The quantitative estimate of drug-likeness (QED) is 0.00378. The van der Waals surface area contributed by atoms with Gasteiger partial charge >= 0.3 is 143 Å². The Morgan fingerprint density at radius 2 is 0.612 bits per heavy atom. The van der Waals surface area contributed by atoms with Crippen LogP contribution in [0.25, 0.3) is 0 Å². The van der Waals surface area contributed by atoms with Gasteiger partial charge in [-0.2, -0.15) is 0 Å². The number of ether oxygens (including phenoxy) is 3. The fourth-order valence-corrected chi connectivity index (χ4v) is 18.4. The van der Waals surface area contributed by atoms with Crippen LogP contribution < -0.4 is 120 Å². The molecule has 0 aliphatic rings. The van der Waals surface area contributed by atoms with Crippen molar-refractivity contribution < 1.29 is 178 Å². The Labute approximate surface area is 968 Å². The summed E-state index contributed by atoms with van der Waals surface area (Å²) in [6.07, 6.45) is 24.3. The molecular formula is C120H145Br2Cl2LiNa2O17P2Pd. The summed E-state index contributed by atoms with van der Waals surface area (Å²) in [6, 6.07) is 111. The summed E-state index contributed by atoms with van der Waals surface area (Å²) in [5.41, 5.74) is 10.3. The number of hydrogen-bond donors (Lipinski definition) is 3. The van der Waals surface area contributed by atoms with Crippen LogP contribution >= 0.6 is 66.8 Å². The molecule has 27 heteroatoms. The summed E-state index contributed by atoms with van der Waals surface area (Å²) in [6.45, 7) is 23.2. The Bertz CT molecular complexity index is 5060. The number of rotatable bonds is 36. The average molecular weight is 2310 g/mol. The zero-order chi connectivity index (χ0) is 106. The molecule has 12 aromatic rings. The number of aryl methyl sites for hydroxylation is 3. The first kappa shape index (κ1) is 147. The molecule has 4 N–H and O–H groups in total. The van der Waals surface area contributed by atoms with E-state index in [4.69, 9.17) is 65.1 Å². The van der Waals surface area contributed by atoms with Gasteiger partial charge < -0.3 is 55.1 Å². The molecule has 0 amide bonds. The van der Waals surface area contributed by atoms with Crippen LogP contribution in [0.2, 0.25) is 0 Å². The number of carbonyl (C=O) groups is 7. The van der Waals surface area contributed by atoms with Gasteiger partial charge in [0.2, 0.25) is 0 Å². The van der Waals surface area contributed by atoms with E-state index in [-0.39, 0.29) is 150 Å². The first-order valence-electron chi connectivity index (χ1n) is 48.3. The summed E-state index contributed by atoms with van der Waals surface area (Å²) >= 11 is 6.49. The number of carboxylic acids is 3. The van der Waals surface area contributed by atoms with Crippen LogP contribution in [0.1, 0.15) is 215 Å². The van der Waals surface area contributed by atoms with Crippen LogP contribution in [-0.2, 0) is 126 Å². The van der Waals surface area contributed by atoms with Crippen LogP contribution in [0, 0.1) is 24.2 Å². The Kier molecular flexibility index (Phi) is 102. The molecule has 12 aromatic carbocycles. The first-order valence-corrected chi connectivity index (χ1v) is 56.6. The normalized spacial score (nSPS) is 9.32. The maximum absolute atomic E-state index is 11.4. The largest absolute Gasteiger partial charge is 1.00 e. The molecule has 0 aliphatic carbocycles. The van der Waals surface area contributed by atoms with Gasteiger partial charge in [-0.05, 0) is 213 Å². The van der Waals surface area contributed by atoms with Gasteiger partial charge in [-0.3, -0.25) is 28.8 Å². The molecule has 0 aliphatic heterocycles. The van der Waals surface area contributed by atoms with E-state index in [0.29, 0.717) is 39.1 Å². The second kappa shape index (κ2) is 102. The number of carboxylic acid groups (broad SMARTS) is 3. The van der Waals surface area contributed by atoms with E-state index >= 15 is 0 Å². The van der Waals surface area contributed by atoms with Crippen molar-refractivity contribution in [3.63, 3.8) is 0 Å². The predicted octanol–water partition coefficient (Wildman–Crippen LogP) is 15.8. The Morgan fingerprint density at radius 1 is 0.374 bits per heavy atom. The monoisotopic (exact) mass is 2310 g/mol. The molecule has 0 radical (unpaired) electrons. The molecule has 0 spiro atoms. The molecule has 0 fully saturated rings. The number of unbranched alkanes of at least 4 members (excludes halogenated alkanes) is 8. The van der Waals surface area contributed by atoms with E-state index in [2.05, 4.69) is 295 Å². The minimum Gasteiger partial charge on any atom is -0.870 e. The number of aliphatic hydroxyl groups excluding tert-OH is 1. The van der Waals surface area contributed by atoms with Gasteiger partial charge in [-0.15, -0.1) is 12.3 Å². The number of halogens is 4. The van der Waals surface area contributed by atoms with Crippen molar-refractivity contribution in [2.24, 2.45) is 0 Å². The predicted molar refractivity (Wildman–Crippen MR) is 597 cm³/mol. The third kappa shape index (κ3) is 78.4. The number of benzene rings is 12. The van der Waals surface area contributed by atoms with Crippen molar-refractivity contribution in [3.8, 4) is 24.2 Å². The summed E-state index contributed by atoms with van der Waals surface area (Å²) in [4.78, 5) is 76.3. The summed E-state index contributed by atoms with van der Waals surface area (Å²) in [5, 5.41) is 51.9. The van der Waals surface area contributed by atoms with Gasteiger partial charge in [0.15, 0.2) is 0 Å². The minimum atomic E-state index is -1.01. The molecule has 147 heavy (non-hydrogen) atoms. The summed E-state index contributed by atoms with van der Waals surface area (Å²) < 4.78 is 16.6. The van der Waals surface area contributed by atoms with Crippen LogP contribution in [0.15, 0.2) is 337 Å². The number of carbonyl (C=O) groups excluding carboxylic acids is 5. The molecule has 778 valence electrons. The standard InChI is InChI=1S/2C18H15P.C15H22O2.C15H18O2.2C13H18O2.C10H11BrO2.C8H7BrO2.C5H8.C2H6O.C2H6.CH2O3.2ClH.Li.2Na.H2O.Pd/c2*1-4-10-16(11-5-1)19(17-12-6-2-7-13-17)18-14-8-3-9-15-18;2*1-3-5-6-8-13-9-7-10-14(11-13)12-15(16)17-4-2;2*1-2-3-4-6-11-7-5-8-12(9-11)10-13(14)15;1-2-13-10(12)7-8-4-3-5-9(11)6-8;9-7-3-1-2-6(4-7)5-8(10)11;1-3-5-4-2;1-2-3;1-2;2-1-4-3;;;;;;;/h2*1-15H;7,9-11H,3-6,8,12H2,1-2H3;7,9-11H,3-5,12H2,1-2H3;2*5,7-9H,2-4,6,10H2,1H3,(H,14,15);3-6H,2,7H2,1H3;1-4H,5H2,(H,10,11);1H,4-5H2,2H3;3H,2H2,1H3;1-2H3;1,3H;2*1H;;;;1H2;/q;;;;;;;;;;;;;;3*+1;;+2/p-5. The maximum atomic E-state index is 11.4. The van der Waals surface area contributed by atoms with Crippen molar-refractivity contribution in [2.75, 3.05) is 26.4 Å². The second-order valence-corrected chi connectivity index (χ2v) is 39.3. The third-order valence-electron chi connectivity index (χ3n) is 19.0. The van der Waals surface area contributed by atoms with E-state index in [1.807, 2.05) is 137 Å². The van der Waals surface area contributed by atoms with E-state index < -0.39 is 33.8 Å². The molecule has 0 aromatic heterocycles. The molecule has 0 bridgehead atoms. The van der Waals surface area contributed by atoms with Crippen molar-refractivity contribution in [3.05, 3.63) is 392 Å². The van der Waals surface area contributed by atoms with Crippen molar-refractivity contribution >= 4 is 141 Å². The van der Waals surface area contributed by atoms with E-state index in [1.54, 1.807) is 26.0 Å². The number of aliphatic hydroxyl groups is 1. The molecule has 17 nitrogen and oxygen atoms in total. The Hall–Kier alpha value is -8.41. The van der Waals surface area contributed by atoms with Crippen LogP contribution in [-0.4, -0.2) is 89.5 Å². The van der Waals surface area contributed by atoms with E-state index in [0.717, 1.165) is 92.8 Å². The Morgan fingerprint density at radius 3 is 0.844 bits per heavy atom. The topological polar surface area (TPSA) is 293 Å². The van der Waals surface area contributed by atoms with E-state index in [9.17, 15) is 33.9 Å². The number of terminal acetylenes is 1. The summed E-state index contributed by atoms with van der Waals surface area (Å²) in [7, 11) is 8.74. The van der Waals surface area contributed by atoms with Crippen LogP contribution in [0.5, 0.6) is 0 Å². The first-order chi connectivity index (χ1) is 69.4. The van der Waals surface area contributed by atoms with Gasteiger partial charge in [0.05, 0.1) is 51.9 Å². The summed E-state index contributed by atoms with van der Waals surface area (Å²) in [5.74, 6) is 5.61. The smallest absolute Gasteiger partial charge is 0.870 e.